The number of halogens is 3. The number of alkyl halides is 3. The molecule has 2 amide bonds. The number of hydrogen-bond donors (Lipinski definition) is 1. The van der Waals surface area contributed by atoms with Crippen LogP contribution in [0.5, 0.6) is 5.75 Å². The van der Waals surface area contributed by atoms with Gasteiger partial charge in [0.05, 0.1) is 11.6 Å². The summed E-state index contributed by atoms with van der Waals surface area (Å²) < 4.78 is 44.7. The molecule has 8 heteroatoms. The fourth-order valence-electron chi connectivity index (χ4n) is 3.42. The highest BCUT2D eigenvalue weighted by Crippen LogP contribution is 2.38. The Hall–Kier alpha value is -2.25. The zero-order chi connectivity index (χ0) is 18.0. The van der Waals surface area contributed by atoms with E-state index in [1.165, 1.54) is 4.90 Å². The fraction of sp³-hybridized carbons (Fsp3) is 0.529. The second kappa shape index (κ2) is 6.93. The summed E-state index contributed by atoms with van der Waals surface area (Å²) >= 11 is 0. The second-order valence-corrected chi connectivity index (χ2v) is 6.34. The molecule has 1 fully saturated rings. The summed E-state index contributed by atoms with van der Waals surface area (Å²) in [6, 6.07) is 5.81. The Morgan fingerprint density at radius 2 is 1.96 bits per heavy atom. The van der Waals surface area contributed by atoms with Gasteiger partial charge < -0.3 is 10.1 Å². The minimum atomic E-state index is -4.33. The maximum absolute atomic E-state index is 13.1. The fourth-order valence-corrected chi connectivity index (χ4v) is 3.42. The minimum absolute atomic E-state index is 0.0216. The Morgan fingerprint density at radius 1 is 1.24 bits per heavy atom. The number of nitrogens with one attached hydrogen (secondary N) is 1. The summed E-state index contributed by atoms with van der Waals surface area (Å²) in [7, 11) is 0. The first-order chi connectivity index (χ1) is 11.9. The molecular weight excluding hydrogens is 337 g/mol. The van der Waals surface area contributed by atoms with Crippen molar-refractivity contribution in [1.82, 2.24) is 5.32 Å². The number of benzene rings is 1. The summed E-state index contributed by atoms with van der Waals surface area (Å²) in [5.74, 6) is -2.05. The third kappa shape index (κ3) is 3.88. The average molecular weight is 356 g/mol. The van der Waals surface area contributed by atoms with Crippen LogP contribution in [0.1, 0.15) is 25.7 Å². The first-order valence-corrected chi connectivity index (χ1v) is 8.24. The highest BCUT2D eigenvalue weighted by molar-refractivity contribution is 6.02. The number of carbonyl (C=O) groups excluding carboxylic acids is 2. The number of fused-ring (bicyclic) bond motifs is 1. The molecule has 0 bridgehead atoms. The van der Waals surface area contributed by atoms with E-state index >= 15 is 0 Å². The van der Waals surface area contributed by atoms with Crippen LogP contribution in [0.3, 0.4) is 0 Å². The number of carbonyl (C=O) groups is 2. The standard InChI is InChI=1S/C17H19F3N2O3/c18-17(19,20)11-5-1-2-6-12(11)21-15(23)9-22-13-7-3-4-8-14(13)25-10-16(22)24/h3-4,7-8,11-12H,1-2,5-6,9-10H2,(H,21,23)/t11-,12+/m0/s1. The number of rotatable bonds is 3. The molecule has 1 aromatic carbocycles. The smallest absolute Gasteiger partial charge is 0.393 e. The van der Waals surface area contributed by atoms with Crippen LogP contribution in [-0.4, -0.2) is 37.2 Å². The monoisotopic (exact) mass is 356 g/mol. The van der Waals surface area contributed by atoms with Gasteiger partial charge in [-0.15, -0.1) is 0 Å². The molecule has 2 aliphatic rings. The van der Waals surface area contributed by atoms with Crippen molar-refractivity contribution in [2.45, 2.75) is 37.9 Å². The van der Waals surface area contributed by atoms with E-state index in [9.17, 15) is 22.8 Å². The topological polar surface area (TPSA) is 58.6 Å². The maximum atomic E-state index is 13.1. The van der Waals surface area contributed by atoms with Crippen molar-refractivity contribution >= 4 is 17.5 Å². The van der Waals surface area contributed by atoms with Gasteiger partial charge in [-0.25, -0.2) is 0 Å². The van der Waals surface area contributed by atoms with E-state index in [4.69, 9.17) is 4.74 Å². The quantitative estimate of drug-likeness (QED) is 0.906. The van der Waals surface area contributed by atoms with Gasteiger partial charge in [0, 0.05) is 6.04 Å². The van der Waals surface area contributed by atoms with E-state index in [1.807, 2.05) is 0 Å². The van der Waals surface area contributed by atoms with Crippen molar-refractivity contribution in [2.75, 3.05) is 18.1 Å². The molecule has 1 N–H and O–H groups in total. The SMILES string of the molecule is O=C(CN1C(=O)COc2ccccc21)N[C@@H]1CCCC[C@@H]1C(F)(F)F. The van der Waals surface area contributed by atoms with Gasteiger partial charge in [-0.3, -0.25) is 14.5 Å². The molecule has 1 heterocycles. The van der Waals surface area contributed by atoms with E-state index in [0.29, 0.717) is 30.7 Å². The van der Waals surface area contributed by atoms with Crippen molar-refractivity contribution in [3.05, 3.63) is 24.3 Å². The molecule has 136 valence electrons. The molecule has 1 aromatic rings. The maximum Gasteiger partial charge on any atom is 0.393 e. The van der Waals surface area contributed by atoms with Crippen molar-refractivity contribution < 1.29 is 27.5 Å². The Morgan fingerprint density at radius 3 is 2.72 bits per heavy atom. The Labute approximate surface area is 143 Å². The molecule has 0 saturated heterocycles. The molecule has 0 spiro atoms. The van der Waals surface area contributed by atoms with Crippen LogP contribution in [0, 0.1) is 5.92 Å². The van der Waals surface area contributed by atoms with Crippen LogP contribution in [0.25, 0.3) is 0 Å². The normalized spacial score (nSPS) is 23.6. The number of nitrogens with zero attached hydrogens (tertiary/aromatic N) is 1. The predicted molar refractivity (Wildman–Crippen MR) is 84.2 cm³/mol. The molecule has 1 aliphatic heterocycles. The van der Waals surface area contributed by atoms with Crippen LogP contribution >= 0.6 is 0 Å². The molecule has 0 aromatic heterocycles. The lowest BCUT2D eigenvalue weighted by Crippen LogP contribution is -2.51. The van der Waals surface area contributed by atoms with Gasteiger partial charge in [0.25, 0.3) is 5.91 Å². The van der Waals surface area contributed by atoms with Gasteiger partial charge in [0.1, 0.15) is 12.3 Å². The molecule has 3 rings (SSSR count). The van der Waals surface area contributed by atoms with Crippen LogP contribution in [0.15, 0.2) is 24.3 Å². The van der Waals surface area contributed by atoms with Crippen LogP contribution in [0.2, 0.25) is 0 Å². The lowest BCUT2D eigenvalue weighted by molar-refractivity contribution is -0.189. The average Bonchev–Trinajstić information content (AvgIpc) is 2.57. The Kier molecular flexibility index (Phi) is 4.87. The third-order valence-electron chi connectivity index (χ3n) is 4.64. The van der Waals surface area contributed by atoms with E-state index in [-0.39, 0.29) is 19.6 Å². The Balaban J connectivity index is 1.69. The van der Waals surface area contributed by atoms with Crippen molar-refractivity contribution in [1.29, 1.82) is 0 Å². The van der Waals surface area contributed by atoms with Crippen molar-refractivity contribution in [3.8, 4) is 5.75 Å². The summed E-state index contributed by atoms with van der Waals surface area (Å²) in [6.45, 7) is -0.515. The molecule has 0 radical (unpaired) electrons. The molecule has 1 aliphatic carbocycles. The summed E-state index contributed by atoms with van der Waals surface area (Å²) in [6.07, 6.45) is -2.86. The largest absolute Gasteiger partial charge is 0.482 e. The van der Waals surface area contributed by atoms with Crippen molar-refractivity contribution in [2.24, 2.45) is 5.92 Å². The number of para-hydroxylation sites is 2. The van der Waals surface area contributed by atoms with Gasteiger partial charge in [-0.2, -0.15) is 13.2 Å². The molecular formula is C17H19F3N2O3. The summed E-state index contributed by atoms with van der Waals surface area (Å²) in [5.41, 5.74) is 0.449. The molecule has 25 heavy (non-hydrogen) atoms. The number of anilines is 1. The first kappa shape index (κ1) is 17.6. The number of ether oxygens (including phenoxy) is 1. The highest BCUT2D eigenvalue weighted by atomic mass is 19.4. The first-order valence-electron chi connectivity index (χ1n) is 8.24. The van der Waals surface area contributed by atoms with Crippen LogP contribution < -0.4 is 15.0 Å². The lowest BCUT2D eigenvalue weighted by Gasteiger charge is -2.34. The second-order valence-electron chi connectivity index (χ2n) is 6.34. The van der Waals surface area contributed by atoms with Crippen LogP contribution in [0.4, 0.5) is 18.9 Å². The summed E-state index contributed by atoms with van der Waals surface area (Å²) in [5, 5.41) is 2.48. The van der Waals surface area contributed by atoms with E-state index in [2.05, 4.69) is 5.32 Å². The van der Waals surface area contributed by atoms with Gasteiger partial charge in [-0.05, 0) is 25.0 Å². The highest BCUT2D eigenvalue weighted by Gasteiger charge is 2.46. The molecule has 2 atom stereocenters. The third-order valence-corrected chi connectivity index (χ3v) is 4.64. The Bertz CT molecular complexity index is 663. The molecule has 5 nitrogen and oxygen atoms in total. The lowest BCUT2D eigenvalue weighted by atomic mass is 9.84. The van der Waals surface area contributed by atoms with Gasteiger partial charge >= 0.3 is 6.18 Å². The minimum Gasteiger partial charge on any atom is -0.482 e. The van der Waals surface area contributed by atoms with Gasteiger partial charge in [-0.1, -0.05) is 25.0 Å². The number of amides is 2. The van der Waals surface area contributed by atoms with E-state index in [1.54, 1.807) is 24.3 Å². The van der Waals surface area contributed by atoms with Crippen molar-refractivity contribution in [3.63, 3.8) is 0 Å². The molecule has 0 unspecified atom stereocenters. The van der Waals surface area contributed by atoms with Gasteiger partial charge in [0.2, 0.25) is 5.91 Å². The number of hydrogen-bond acceptors (Lipinski definition) is 3. The molecule has 1 saturated carbocycles. The summed E-state index contributed by atoms with van der Waals surface area (Å²) in [4.78, 5) is 25.6. The zero-order valence-electron chi connectivity index (χ0n) is 13.5. The zero-order valence-corrected chi connectivity index (χ0v) is 13.5. The van der Waals surface area contributed by atoms with E-state index in [0.717, 1.165) is 0 Å². The van der Waals surface area contributed by atoms with Gasteiger partial charge in [0.15, 0.2) is 6.61 Å². The predicted octanol–water partition coefficient (Wildman–Crippen LogP) is 2.65. The van der Waals surface area contributed by atoms with Crippen LogP contribution in [-0.2, 0) is 9.59 Å². The van der Waals surface area contributed by atoms with E-state index < -0.39 is 30.0 Å².